The highest BCUT2D eigenvalue weighted by molar-refractivity contribution is 7.81. The Balaban J connectivity index is 1.82. The molecule has 2 heterocycles. The van der Waals surface area contributed by atoms with E-state index in [4.69, 9.17) is 28.6 Å². The van der Waals surface area contributed by atoms with Crippen molar-refractivity contribution in [3.8, 4) is 0 Å². The molecule has 2 aliphatic heterocycles. The first-order valence-electron chi connectivity index (χ1n) is 9.22. The average molecular weight is 412 g/mol. The molecule has 4 nitrogen and oxygen atoms in total. The average Bonchev–Trinajstić information content (AvgIpc) is 3.26. The minimum absolute atomic E-state index is 0.235. The summed E-state index contributed by atoms with van der Waals surface area (Å²) in [5, 5.41) is 4.02. The van der Waals surface area contributed by atoms with Gasteiger partial charge in [-0.3, -0.25) is 0 Å². The number of anilines is 2. The molecule has 2 aromatic carbocycles. The molecule has 2 aromatic rings. The monoisotopic (exact) mass is 411 g/mol. The fourth-order valence-corrected chi connectivity index (χ4v) is 4.39. The fourth-order valence-electron chi connectivity index (χ4n) is 3.96. The summed E-state index contributed by atoms with van der Waals surface area (Å²) in [6.07, 6.45) is 0. The van der Waals surface area contributed by atoms with Crippen molar-refractivity contribution in [3.63, 3.8) is 0 Å². The summed E-state index contributed by atoms with van der Waals surface area (Å²) < 4.78 is 5.86. The van der Waals surface area contributed by atoms with Gasteiger partial charge in [0.1, 0.15) is 11.6 Å². The number of thiocarbonyl (C=S) groups is 1. The normalized spacial score (nSPS) is 19.0. The Labute approximate surface area is 175 Å². The van der Waals surface area contributed by atoms with Gasteiger partial charge in [0.15, 0.2) is 0 Å². The zero-order chi connectivity index (χ0) is 19.9. The molecule has 0 unspecified atom stereocenters. The molecule has 2 aliphatic rings. The molecule has 0 fully saturated rings. The second-order valence-electron chi connectivity index (χ2n) is 7.42. The number of nitrogens with zero attached hydrogens (tertiary/aromatic N) is 2. The molecule has 0 radical (unpaired) electrons. The molecule has 28 heavy (non-hydrogen) atoms. The third-order valence-electron chi connectivity index (χ3n) is 5.23. The van der Waals surface area contributed by atoms with Crippen molar-refractivity contribution in [2.24, 2.45) is 4.99 Å². The maximum Gasteiger partial charge on any atom is 0.221 e. The quantitative estimate of drug-likeness (QED) is 0.557. The van der Waals surface area contributed by atoms with Crippen LogP contribution in [0.25, 0.3) is 0 Å². The van der Waals surface area contributed by atoms with E-state index >= 15 is 0 Å². The summed E-state index contributed by atoms with van der Waals surface area (Å²) >= 11 is 11.9. The minimum Gasteiger partial charge on any atom is -0.475 e. The molecule has 0 atom stereocenters. The van der Waals surface area contributed by atoms with Gasteiger partial charge in [-0.05, 0) is 35.9 Å². The SMILES string of the molecule is CN1/C(=C(/C(=S)Nc2ccc(Cl)cc2)C2=NCCO2)C(C)(C)c2ccccc21. The number of halogens is 1. The number of aliphatic imine (C=N–C) groups is 1. The van der Waals surface area contributed by atoms with Crippen LogP contribution in [0.3, 0.4) is 0 Å². The molecular formula is C22H22ClN3OS. The van der Waals surface area contributed by atoms with Crippen LogP contribution in [0.1, 0.15) is 19.4 Å². The number of benzene rings is 2. The van der Waals surface area contributed by atoms with Crippen molar-refractivity contribution >= 4 is 46.1 Å². The fraction of sp³-hybridized carbons (Fsp3) is 0.273. The first-order valence-corrected chi connectivity index (χ1v) is 10.0. The van der Waals surface area contributed by atoms with Crippen LogP contribution in [0.2, 0.25) is 5.02 Å². The van der Waals surface area contributed by atoms with E-state index in [-0.39, 0.29) is 5.41 Å². The molecule has 0 saturated carbocycles. The van der Waals surface area contributed by atoms with Gasteiger partial charge in [0.25, 0.3) is 0 Å². The van der Waals surface area contributed by atoms with Crippen LogP contribution < -0.4 is 10.2 Å². The van der Waals surface area contributed by atoms with Crippen molar-refractivity contribution in [1.29, 1.82) is 0 Å². The second-order valence-corrected chi connectivity index (χ2v) is 8.27. The first-order chi connectivity index (χ1) is 13.4. The zero-order valence-corrected chi connectivity index (χ0v) is 17.7. The second kappa shape index (κ2) is 7.22. The maximum atomic E-state index is 6.01. The van der Waals surface area contributed by atoms with Crippen molar-refractivity contribution in [3.05, 3.63) is 70.4 Å². The Morgan fingerprint density at radius 2 is 1.89 bits per heavy atom. The lowest BCUT2D eigenvalue weighted by Gasteiger charge is -2.28. The first kappa shape index (κ1) is 19.0. The van der Waals surface area contributed by atoms with Crippen molar-refractivity contribution in [1.82, 2.24) is 0 Å². The minimum atomic E-state index is -0.235. The largest absolute Gasteiger partial charge is 0.475 e. The van der Waals surface area contributed by atoms with E-state index in [1.165, 1.54) is 11.3 Å². The molecule has 0 aromatic heterocycles. The Bertz CT molecular complexity index is 995. The van der Waals surface area contributed by atoms with E-state index in [2.05, 4.69) is 60.4 Å². The Morgan fingerprint density at radius 1 is 1.18 bits per heavy atom. The van der Waals surface area contributed by atoms with E-state index in [9.17, 15) is 0 Å². The zero-order valence-electron chi connectivity index (χ0n) is 16.1. The van der Waals surface area contributed by atoms with Crippen LogP contribution in [0.5, 0.6) is 0 Å². The van der Waals surface area contributed by atoms with Gasteiger partial charge in [0.2, 0.25) is 5.90 Å². The van der Waals surface area contributed by atoms with E-state index < -0.39 is 0 Å². The van der Waals surface area contributed by atoms with E-state index in [1.807, 2.05) is 24.3 Å². The van der Waals surface area contributed by atoms with Gasteiger partial charge in [-0.2, -0.15) is 0 Å². The van der Waals surface area contributed by atoms with Gasteiger partial charge in [-0.15, -0.1) is 0 Å². The highest BCUT2D eigenvalue weighted by atomic mass is 35.5. The van der Waals surface area contributed by atoms with Gasteiger partial charge in [0, 0.05) is 34.6 Å². The predicted octanol–water partition coefficient (Wildman–Crippen LogP) is 5.19. The maximum absolute atomic E-state index is 6.01. The molecule has 4 rings (SSSR count). The van der Waals surface area contributed by atoms with E-state index in [0.717, 1.165) is 17.0 Å². The topological polar surface area (TPSA) is 36.9 Å². The smallest absolute Gasteiger partial charge is 0.221 e. The molecule has 0 spiro atoms. The molecule has 0 bridgehead atoms. The summed E-state index contributed by atoms with van der Waals surface area (Å²) in [6.45, 7) is 5.65. The lowest BCUT2D eigenvalue weighted by atomic mass is 9.82. The number of ether oxygens (including phenoxy) is 1. The van der Waals surface area contributed by atoms with Crippen LogP contribution in [-0.2, 0) is 10.2 Å². The van der Waals surface area contributed by atoms with Crippen LogP contribution in [0.15, 0.2) is 64.8 Å². The lowest BCUT2D eigenvalue weighted by Crippen LogP contribution is -2.32. The van der Waals surface area contributed by atoms with Crippen molar-refractivity contribution in [2.45, 2.75) is 19.3 Å². The van der Waals surface area contributed by atoms with Gasteiger partial charge in [0.05, 0.1) is 12.1 Å². The summed E-state index contributed by atoms with van der Waals surface area (Å²) in [4.78, 5) is 7.37. The van der Waals surface area contributed by atoms with Gasteiger partial charge >= 0.3 is 0 Å². The van der Waals surface area contributed by atoms with Crippen LogP contribution in [0, 0.1) is 0 Å². The summed E-state index contributed by atoms with van der Waals surface area (Å²) in [5.74, 6) is 0.606. The third kappa shape index (κ3) is 3.19. The number of likely N-dealkylation sites (N-methyl/N-ethyl adjacent to an activating group) is 1. The molecule has 6 heteroatoms. The predicted molar refractivity (Wildman–Crippen MR) is 121 cm³/mol. The van der Waals surface area contributed by atoms with Crippen LogP contribution in [0.4, 0.5) is 11.4 Å². The number of allylic oxidation sites excluding steroid dienone is 1. The van der Waals surface area contributed by atoms with Gasteiger partial charge < -0.3 is 15.0 Å². The number of nitrogens with one attached hydrogen (secondary N) is 1. The number of para-hydroxylation sites is 1. The van der Waals surface area contributed by atoms with Crippen molar-refractivity contribution < 1.29 is 4.74 Å². The summed E-state index contributed by atoms with van der Waals surface area (Å²) in [5.41, 5.74) is 5.00. The number of rotatable bonds is 3. The van der Waals surface area contributed by atoms with Gasteiger partial charge in [-0.1, -0.05) is 55.9 Å². The number of hydrogen-bond donors (Lipinski definition) is 1. The van der Waals surface area contributed by atoms with Crippen LogP contribution >= 0.6 is 23.8 Å². The number of hydrogen-bond acceptors (Lipinski definition) is 4. The Hall–Kier alpha value is -2.37. The lowest BCUT2D eigenvalue weighted by molar-refractivity contribution is 0.348. The highest BCUT2D eigenvalue weighted by Gasteiger charge is 2.42. The summed E-state index contributed by atoms with van der Waals surface area (Å²) in [7, 11) is 2.07. The van der Waals surface area contributed by atoms with E-state index in [0.29, 0.717) is 29.1 Å². The van der Waals surface area contributed by atoms with Gasteiger partial charge in [-0.25, -0.2) is 4.99 Å². The van der Waals surface area contributed by atoms with Crippen LogP contribution in [-0.4, -0.2) is 31.1 Å². The molecule has 144 valence electrons. The standard InChI is InChI=1S/C22H22ClN3OS/c1-22(2)16-6-4-5-7-17(16)26(3)19(22)18(20-24-12-13-27-20)21(28)25-15-10-8-14(23)9-11-15/h4-11H,12-13H2,1-3H3,(H,25,28)/b19-18+. The third-order valence-corrected chi connectivity index (χ3v) is 5.79. The molecule has 1 N–H and O–H groups in total. The van der Waals surface area contributed by atoms with Crippen molar-refractivity contribution in [2.75, 3.05) is 30.4 Å². The Kier molecular flexibility index (Phi) is 4.89. The molecule has 0 aliphatic carbocycles. The molecule has 0 amide bonds. The molecule has 0 saturated heterocycles. The number of fused-ring (bicyclic) bond motifs is 1. The van der Waals surface area contributed by atoms with E-state index in [1.54, 1.807) is 0 Å². The summed E-state index contributed by atoms with van der Waals surface area (Å²) in [6, 6.07) is 15.9. The highest BCUT2D eigenvalue weighted by Crippen LogP contribution is 2.48. The Morgan fingerprint density at radius 3 is 2.54 bits per heavy atom. The molecular weight excluding hydrogens is 390 g/mol.